The Hall–Kier alpha value is -0.680. The van der Waals surface area contributed by atoms with E-state index in [9.17, 15) is 9.59 Å². The van der Waals surface area contributed by atoms with Gasteiger partial charge < -0.3 is 9.47 Å². The lowest BCUT2D eigenvalue weighted by Crippen LogP contribution is -2.33. The van der Waals surface area contributed by atoms with Crippen molar-refractivity contribution >= 4 is 35.4 Å². The highest BCUT2D eigenvalue weighted by Gasteiger charge is 2.18. The quantitative estimate of drug-likeness (QED) is 0.657. The smallest absolute Gasteiger partial charge is 0.420 e. The summed E-state index contributed by atoms with van der Waals surface area (Å²) in [4.78, 5) is 22.1. The summed E-state index contributed by atoms with van der Waals surface area (Å²) in [6.45, 7) is 0. The van der Waals surface area contributed by atoms with Gasteiger partial charge in [0.1, 0.15) is 0 Å². The molecule has 0 aliphatic heterocycles. The number of carbonyl (C=O) groups is 2. The Balaban J connectivity index is 3.91. The SMILES string of the molecule is CN(C(=O)OCCl)C(=O)OCCl. The lowest BCUT2D eigenvalue weighted by atomic mass is 10.8. The molecule has 70 valence electrons. The van der Waals surface area contributed by atoms with Crippen molar-refractivity contribution in [2.45, 2.75) is 0 Å². The van der Waals surface area contributed by atoms with Gasteiger partial charge in [0, 0.05) is 7.05 Å². The van der Waals surface area contributed by atoms with E-state index in [0.29, 0.717) is 4.90 Å². The van der Waals surface area contributed by atoms with Gasteiger partial charge in [-0.3, -0.25) is 0 Å². The van der Waals surface area contributed by atoms with Crippen LogP contribution in [0, 0.1) is 0 Å². The molecule has 0 rings (SSSR count). The Labute approximate surface area is 79.1 Å². The van der Waals surface area contributed by atoms with Crippen molar-refractivity contribution in [3.8, 4) is 0 Å². The fraction of sp³-hybridized carbons (Fsp3) is 0.600. The molecule has 12 heavy (non-hydrogen) atoms. The fourth-order valence-corrected chi connectivity index (χ4v) is 0.548. The molecule has 0 bridgehead atoms. The minimum Gasteiger partial charge on any atom is -0.433 e. The molecule has 0 aromatic heterocycles. The molecular formula is C5H7Cl2NO4. The molecule has 0 saturated carbocycles. The van der Waals surface area contributed by atoms with E-state index in [0.717, 1.165) is 0 Å². The lowest BCUT2D eigenvalue weighted by Gasteiger charge is -2.12. The predicted octanol–water partition coefficient (Wildman–Crippen LogP) is 1.58. The highest BCUT2D eigenvalue weighted by molar-refractivity contribution is 6.18. The van der Waals surface area contributed by atoms with Gasteiger partial charge in [-0.25, -0.2) is 14.5 Å². The van der Waals surface area contributed by atoms with E-state index in [1.54, 1.807) is 0 Å². The van der Waals surface area contributed by atoms with Gasteiger partial charge in [0.05, 0.1) is 0 Å². The van der Waals surface area contributed by atoms with Crippen molar-refractivity contribution < 1.29 is 19.1 Å². The molecule has 0 fully saturated rings. The van der Waals surface area contributed by atoms with Crippen LogP contribution in [-0.4, -0.2) is 36.3 Å². The normalized spacial score (nSPS) is 8.92. The maximum atomic E-state index is 10.7. The standard InChI is InChI=1S/C5H7Cl2NO4/c1-8(4(9)11-2-6)5(10)12-3-7/h2-3H2,1H3. The summed E-state index contributed by atoms with van der Waals surface area (Å²) >= 11 is 10.1. The highest BCUT2D eigenvalue weighted by Crippen LogP contribution is 1.96. The third kappa shape index (κ3) is 3.64. The second-order valence-corrected chi connectivity index (χ2v) is 2.03. The Morgan fingerprint density at radius 2 is 1.50 bits per heavy atom. The number of rotatable bonds is 2. The molecule has 5 nitrogen and oxygen atoms in total. The summed E-state index contributed by atoms with van der Waals surface area (Å²) < 4.78 is 8.56. The van der Waals surface area contributed by atoms with Crippen LogP contribution in [-0.2, 0) is 9.47 Å². The number of alkyl halides is 2. The van der Waals surface area contributed by atoms with Gasteiger partial charge in [-0.05, 0) is 0 Å². The van der Waals surface area contributed by atoms with Crippen molar-refractivity contribution in [1.82, 2.24) is 4.90 Å². The van der Waals surface area contributed by atoms with Gasteiger partial charge in [0.2, 0.25) is 0 Å². The number of halogens is 2. The Morgan fingerprint density at radius 3 is 1.75 bits per heavy atom. The summed E-state index contributed by atoms with van der Waals surface area (Å²) in [5, 5.41) is 0. The molecule has 0 N–H and O–H groups in total. The average molecular weight is 216 g/mol. The van der Waals surface area contributed by atoms with Crippen molar-refractivity contribution in [3.05, 3.63) is 0 Å². The molecule has 0 aliphatic rings. The molecule has 0 aromatic rings. The zero-order valence-corrected chi connectivity index (χ0v) is 7.76. The van der Waals surface area contributed by atoms with Gasteiger partial charge in [-0.1, -0.05) is 23.2 Å². The molecule has 0 aliphatic carbocycles. The number of carbonyl (C=O) groups excluding carboxylic acids is 2. The first-order valence-corrected chi connectivity index (χ1v) is 3.89. The summed E-state index contributed by atoms with van der Waals surface area (Å²) in [6.07, 6.45) is -1.78. The Kier molecular flexibility index (Phi) is 5.57. The van der Waals surface area contributed by atoms with Crippen LogP contribution in [0.5, 0.6) is 0 Å². The van der Waals surface area contributed by atoms with E-state index in [1.165, 1.54) is 7.05 Å². The molecule has 0 unspecified atom stereocenters. The van der Waals surface area contributed by atoms with Gasteiger partial charge in [0.15, 0.2) is 12.1 Å². The number of imide groups is 1. The summed E-state index contributed by atoms with van der Waals surface area (Å²) in [5.74, 6) is 0. The largest absolute Gasteiger partial charge is 0.433 e. The maximum Gasteiger partial charge on any atom is 0.420 e. The number of ether oxygens (including phenoxy) is 2. The van der Waals surface area contributed by atoms with E-state index in [2.05, 4.69) is 9.47 Å². The van der Waals surface area contributed by atoms with E-state index >= 15 is 0 Å². The van der Waals surface area contributed by atoms with Crippen LogP contribution in [0.4, 0.5) is 9.59 Å². The third-order valence-electron chi connectivity index (χ3n) is 0.904. The second kappa shape index (κ2) is 5.91. The zero-order valence-electron chi connectivity index (χ0n) is 6.25. The van der Waals surface area contributed by atoms with Crippen LogP contribution in [0.3, 0.4) is 0 Å². The molecule has 0 spiro atoms. The predicted molar refractivity (Wildman–Crippen MR) is 42.2 cm³/mol. The first-order valence-electron chi connectivity index (χ1n) is 2.82. The molecule has 0 atom stereocenters. The lowest BCUT2D eigenvalue weighted by molar-refractivity contribution is 0.101. The molecule has 0 heterocycles. The van der Waals surface area contributed by atoms with Crippen molar-refractivity contribution in [2.75, 3.05) is 19.2 Å². The first kappa shape index (κ1) is 11.3. The van der Waals surface area contributed by atoms with Gasteiger partial charge in [0.25, 0.3) is 0 Å². The number of nitrogens with zero attached hydrogens (tertiary/aromatic N) is 1. The van der Waals surface area contributed by atoms with Crippen LogP contribution in [0.2, 0.25) is 0 Å². The van der Waals surface area contributed by atoms with Crippen LogP contribution in [0.1, 0.15) is 0 Å². The van der Waals surface area contributed by atoms with Crippen molar-refractivity contribution in [1.29, 1.82) is 0 Å². The minimum atomic E-state index is -0.889. The summed E-state index contributed by atoms with van der Waals surface area (Å²) in [5.41, 5.74) is 0. The second-order valence-electron chi connectivity index (χ2n) is 1.60. The molecule has 2 amide bonds. The first-order chi connectivity index (χ1) is 5.63. The number of amides is 2. The van der Waals surface area contributed by atoms with Crippen LogP contribution in [0.15, 0.2) is 0 Å². The average Bonchev–Trinajstić information content (AvgIpc) is 2.04. The number of hydrogen-bond donors (Lipinski definition) is 0. The zero-order chi connectivity index (χ0) is 9.56. The van der Waals surface area contributed by atoms with Crippen LogP contribution in [0.25, 0.3) is 0 Å². The molecule has 0 radical (unpaired) electrons. The van der Waals surface area contributed by atoms with Crippen molar-refractivity contribution in [2.24, 2.45) is 0 Å². The number of hydrogen-bond acceptors (Lipinski definition) is 4. The van der Waals surface area contributed by atoms with Crippen LogP contribution < -0.4 is 0 Å². The van der Waals surface area contributed by atoms with Gasteiger partial charge >= 0.3 is 12.2 Å². The van der Waals surface area contributed by atoms with Crippen molar-refractivity contribution in [3.63, 3.8) is 0 Å². The van der Waals surface area contributed by atoms with E-state index in [4.69, 9.17) is 23.2 Å². The fourth-order valence-electron chi connectivity index (χ4n) is 0.362. The minimum absolute atomic E-state index is 0.322. The molecule has 7 heteroatoms. The molecule has 0 aromatic carbocycles. The van der Waals surface area contributed by atoms with E-state index in [-0.39, 0.29) is 12.1 Å². The molecular weight excluding hydrogens is 209 g/mol. The highest BCUT2D eigenvalue weighted by atomic mass is 35.5. The topological polar surface area (TPSA) is 55.8 Å². The molecule has 0 saturated heterocycles. The van der Waals surface area contributed by atoms with E-state index < -0.39 is 12.2 Å². The third-order valence-corrected chi connectivity index (χ3v) is 1.12. The Bertz CT molecular complexity index is 157. The summed E-state index contributed by atoms with van der Waals surface area (Å²) in [6, 6.07) is -0.644. The Morgan fingerprint density at radius 1 is 1.17 bits per heavy atom. The van der Waals surface area contributed by atoms with Gasteiger partial charge in [-0.15, -0.1) is 0 Å². The maximum absolute atomic E-state index is 10.7. The monoisotopic (exact) mass is 215 g/mol. The van der Waals surface area contributed by atoms with Crippen LogP contribution >= 0.6 is 23.2 Å². The van der Waals surface area contributed by atoms with Gasteiger partial charge in [-0.2, -0.15) is 0 Å². The van der Waals surface area contributed by atoms with E-state index in [1.807, 2.05) is 0 Å². The summed E-state index contributed by atoms with van der Waals surface area (Å²) in [7, 11) is 1.18.